The van der Waals surface area contributed by atoms with Crippen molar-refractivity contribution in [2.24, 2.45) is 0 Å². The van der Waals surface area contributed by atoms with Crippen molar-refractivity contribution in [1.29, 1.82) is 0 Å². The minimum atomic E-state index is 0.597. The zero-order chi connectivity index (χ0) is 10.1. The molecule has 0 unspecified atom stereocenters. The summed E-state index contributed by atoms with van der Waals surface area (Å²) in [4.78, 5) is 8.64. The van der Waals surface area contributed by atoms with Gasteiger partial charge in [-0.1, -0.05) is 6.92 Å². The maximum Gasteiger partial charge on any atom is 0.134 e. The third-order valence-corrected chi connectivity index (χ3v) is 2.46. The van der Waals surface area contributed by atoms with Gasteiger partial charge in [0.1, 0.15) is 17.5 Å². The second-order valence-electron chi connectivity index (χ2n) is 3.77. The average Bonchev–Trinajstić information content (AvgIpc) is 2.96. The van der Waals surface area contributed by atoms with Crippen molar-refractivity contribution < 1.29 is 0 Å². The van der Waals surface area contributed by atoms with Gasteiger partial charge in [0.25, 0.3) is 0 Å². The molecule has 1 aliphatic carbocycles. The molecule has 0 aliphatic heterocycles. The number of rotatable bonds is 3. The third kappa shape index (κ3) is 1.78. The first kappa shape index (κ1) is 9.24. The van der Waals surface area contributed by atoms with Gasteiger partial charge in [0.15, 0.2) is 0 Å². The van der Waals surface area contributed by atoms with Gasteiger partial charge in [-0.05, 0) is 19.8 Å². The number of hydrogen-bond acceptors (Lipinski definition) is 4. The van der Waals surface area contributed by atoms with Crippen LogP contribution in [0.1, 0.15) is 31.2 Å². The van der Waals surface area contributed by atoms with Crippen LogP contribution >= 0.6 is 0 Å². The number of nitrogen functional groups attached to an aromatic ring is 1. The maximum atomic E-state index is 5.80. The van der Waals surface area contributed by atoms with Crippen molar-refractivity contribution in [3.05, 3.63) is 11.4 Å². The van der Waals surface area contributed by atoms with Gasteiger partial charge in [0.05, 0.1) is 0 Å². The quantitative estimate of drug-likeness (QED) is 0.761. The Bertz CT molecular complexity index is 344. The van der Waals surface area contributed by atoms with E-state index in [0.717, 1.165) is 23.6 Å². The van der Waals surface area contributed by atoms with Crippen LogP contribution in [0.4, 0.5) is 11.6 Å². The minimum Gasteiger partial charge on any atom is -0.383 e. The van der Waals surface area contributed by atoms with E-state index in [2.05, 4.69) is 15.3 Å². The fraction of sp³-hybridized carbons (Fsp3) is 0.600. The van der Waals surface area contributed by atoms with Crippen LogP contribution in [0.25, 0.3) is 0 Å². The maximum absolute atomic E-state index is 5.80. The van der Waals surface area contributed by atoms with Gasteiger partial charge in [0.2, 0.25) is 0 Å². The highest BCUT2D eigenvalue weighted by Crippen LogP contribution is 2.26. The molecule has 4 nitrogen and oxygen atoms in total. The van der Waals surface area contributed by atoms with E-state index in [9.17, 15) is 0 Å². The summed E-state index contributed by atoms with van der Waals surface area (Å²) in [6.07, 6.45) is 3.30. The van der Waals surface area contributed by atoms with Crippen molar-refractivity contribution in [1.82, 2.24) is 9.97 Å². The molecule has 0 amide bonds. The number of aryl methyl sites for hydroxylation is 1. The molecule has 1 aromatic heterocycles. The van der Waals surface area contributed by atoms with E-state index in [1.54, 1.807) is 0 Å². The topological polar surface area (TPSA) is 63.8 Å². The number of hydrogen-bond donors (Lipinski definition) is 2. The molecular formula is C10H16N4. The van der Waals surface area contributed by atoms with E-state index in [0.29, 0.717) is 11.9 Å². The second-order valence-corrected chi connectivity index (χ2v) is 3.77. The van der Waals surface area contributed by atoms with Crippen LogP contribution in [0.3, 0.4) is 0 Å². The highest BCUT2D eigenvalue weighted by Gasteiger charge is 2.22. The standard InChI is InChI=1S/C10H16N4/c1-3-8-13-9(11)6(2)10(14-8)12-7-4-5-7/h7H,3-5H2,1-2H3,(H3,11,12,13,14). The predicted molar refractivity (Wildman–Crippen MR) is 57.2 cm³/mol. The summed E-state index contributed by atoms with van der Waals surface area (Å²) in [6.45, 7) is 3.99. The second kappa shape index (κ2) is 3.44. The smallest absolute Gasteiger partial charge is 0.134 e. The van der Waals surface area contributed by atoms with Crippen LogP contribution in [0, 0.1) is 6.92 Å². The summed E-state index contributed by atoms with van der Waals surface area (Å²) in [5, 5.41) is 3.37. The number of nitrogens with one attached hydrogen (secondary N) is 1. The van der Waals surface area contributed by atoms with E-state index in [1.807, 2.05) is 13.8 Å². The van der Waals surface area contributed by atoms with Crippen molar-refractivity contribution in [2.75, 3.05) is 11.1 Å². The van der Waals surface area contributed by atoms with Crippen LogP contribution in [-0.2, 0) is 6.42 Å². The summed E-state index contributed by atoms with van der Waals surface area (Å²) >= 11 is 0. The molecule has 1 aromatic rings. The van der Waals surface area contributed by atoms with Gasteiger partial charge in [-0.15, -0.1) is 0 Å². The zero-order valence-electron chi connectivity index (χ0n) is 8.67. The third-order valence-electron chi connectivity index (χ3n) is 2.46. The normalized spacial score (nSPS) is 15.6. The van der Waals surface area contributed by atoms with Crippen molar-refractivity contribution in [3.63, 3.8) is 0 Å². The molecule has 0 radical (unpaired) electrons. The summed E-state index contributed by atoms with van der Waals surface area (Å²) < 4.78 is 0. The summed E-state index contributed by atoms with van der Waals surface area (Å²) in [6, 6.07) is 0.604. The molecule has 0 atom stereocenters. The lowest BCUT2D eigenvalue weighted by Crippen LogP contribution is -2.10. The molecule has 0 saturated heterocycles. The van der Waals surface area contributed by atoms with Crippen LogP contribution in [-0.4, -0.2) is 16.0 Å². The SMILES string of the molecule is CCc1nc(N)c(C)c(NC2CC2)n1. The Hall–Kier alpha value is -1.32. The van der Waals surface area contributed by atoms with Gasteiger partial charge < -0.3 is 11.1 Å². The number of anilines is 2. The molecule has 4 heteroatoms. The molecule has 3 N–H and O–H groups in total. The highest BCUT2D eigenvalue weighted by atomic mass is 15.1. The number of aromatic nitrogens is 2. The Morgan fingerprint density at radius 3 is 2.71 bits per heavy atom. The Morgan fingerprint density at radius 1 is 1.43 bits per heavy atom. The van der Waals surface area contributed by atoms with E-state index < -0.39 is 0 Å². The molecule has 1 heterocycles. The summed E-state index contributed by atoms with van der Waals surface area (Å²) in [5.41, 5.74) is 6.77. The lowest BCUT2D eigenvalue weighted by atomic mass is 10.3. The molecule has 0 aromatic carbocycles. The molecule has 2 rings (SSSR count). The van der Waals surface area contributed by atoms with Crippen molar-refractivity contribution in [3.8, 4) is 0 Å². The fourth-order valence-corrected chi connectivity index (χ4v) is 1.30. The largest absolute Gasteiger partial charge is 0.383 e. The molecule has 14 heavy (non-hydrogen) atoms. The van der Waals surface area contributed by atoms with Crippen molar-refractivity contribution in [2.45, 2.75) is 39.2 Å². The molecule has 76 valence electrons. The van der Waals surface area contributed by atoms with Crippen LogP contribution in [0.5, 0.6) is 0 Å². The fourth-order valence-electron chi connectivity index (χ4n) is 1.30. The minimum absolute atomic E-state index is 0.597. The highest BCUT2D eigenvalue weighted by molar-refractivity contribution is 5.55. The molecule has 1 saturated carbocycles. The van der Waals surface area contributed by atoms with E-state index in [1.165, 1.54) is 12.8 Å². The Morgan fingerprint density at radius 2 is 2.14 bits per heavy atom. The number of nitrogens with zero attached hydrogens (tertiary/aromatic N) is 2. The lowest BCUT2D eigenvalue weighted by Gasteiger charge is -2.10. The molecule has 0 spiro atoms. The predicted octanol–water partition coefficient (Wildman–Crippen LogP) is 1.50. The first-order chi connectivity index (χ1) is 6.70. The zero-order valence-corrected chi connectivity index (χ0v) is 8.67. The summed E-state index contributed by atoms with van der Waals surface area (Å²) in [7, 11) is 0. The Kier molecular flexibility index (Phi) is 2.27. The molecular weight excluding hydrogens is 176 g/mol. The summed E-state index contributed by atoms with van der Waals surface area (Å²) in [5.74, 6) is 2.33. The van der Waals surface area contributed by atoms with Crippen LogP contribution in [0.2, 0.25) is 0 Å². The lowest BCUT2D eigenvalue weighted by molar-refractivity contribution is 0.928. The van der Waals surface area contributed by atoms with E-state index in [4.69, 9.17) is 5.73 Å². The van der Waals surface area contributed by atoms with Crippen molar-refractivity contribution >= 4 is 11.6 Å². The van der Waals surface area contributed by atoms with Gasteiger partial charge in [-0.25, -0.2) is 9.97 Å². The molecule has 1 aliphatic rings. The molecule has 1 fully saturated rings. The van der Waals surface area contributed by atoms with Gasteiger partial charge >= 0.3 is 0 Å². The number of nitrogens with two attached hydrogens (primary N) is 1. The molecule has 0 bridgehead atoms. The first-order valence-electron chi connectivity index (χ1n) is 5.10. The Balaban J connectivity index is 2.29. The van der Waals surface area contributed by atoms with Gasteiger partial charge in [-0.3, -0.25) is 0 Å². The average molecular weight is 192 g/mol. The van der Waals surface area contributed by atoms with E-state index in [-0.39, 0.29) is 0 Å². The van der Waals surface area contributed by atoms with Crippen LogP contribution < -0.4 is 11.1 Å². The van der Waals surface area contributed by atoms with Gasteiger partial charge in [-0.2, -0.15) is 0 Å². The monoisotopic (exact) mass is 192 g/mol. The van der Waals surface area contributed by atoms with E-state index >= 15 is 0 Å². The van der Waals surface area contributed by atoms with Gasteiger partial charge in [0, 0.05) is 18.0 Å². The first-order valence-corrected chi connectivity index (χ1v) is 5.10. The Labute approximate surface area is 83.9 Å². The van der Waals surface area contributed by atoms with Crippen LogP contribution in [0.15, 0.2) is 0 Å².